The number of halogens is 1. The van der Waals surface area contributed by atoms with Crippen molar-refractivity contribution in [1.82, 2.24) is 10.3 Å². The fourth-order valence-electron chi connectivity index (χ4n) is 4.24. The Morgan fingerprint density at radius 1 is 0.936 bits per heavy atom. The van der Waals surface area contributed by atoms with Gasteiger partial charge in [-0.25, -0.2) is 4.98 Å². The first kappa shape index (κ1) is 33.1. The van der Waals surface area contributed by atoms with Gasteiger partial charge in [-0.1, -0.05) is 54.1 Å². The molecule has 236 valence electrons. The molecule has 3 N–H and O–H groups in total. The number of amides is 3. The van der Waals surface area contributed by atoms with Crippen LogP contribution in [0.25, 0.3) is 17.3 Å². The molecule has 0 saturated heterocycles. The van der Waals surface area contributed by atoms with E-state index >= 15 is 0 Å². The molecule has 3 amide bonds. The van der Waals surface area contributed by atoms with E-state index in [1.807, 2.05) is 29.6 Å². The Bertz CT molecular complexity index is 1970. The van der Waals surface area contributed by atoms with Crippen molar-refractivity contribution in [2.24, 2.45) is 0 Å². The number of thiazole rings is 1. The number of carbonyl (C=O) groups is 3. The predicted molar refractivity (Wildman–Crippen MR) is 187 cm³/mol. The Hall–Kier alpha value is -5.30. The van der Waals surface area contributed by atoms with Crippen LogP contribution in [0.2, 0.25) is 5.02 Å². The molecule has 1 aromatic heterocycles. The van der Waals surface area contributed by atoms with Crippen LogP contribution >= 0.6 is 34.7 Å². The Balaban J connectivity index is 1.27. The lowest BCUT2D eigenvalue weighted by atomic mass is 10.1. The molecule has 1 unspecified atom stereocenters. The smallest absolute Gasteiger partial charge is 0.272 e. The molecule has 0 spiro atoms. The first-order valence-corrected chi connectivity index (χ1v) is 16.2. The van der Waals surface area contributed by atoms with Crippen LogP contribution in [0.4, 0.5) is 16.5 Å². The van der Waals surface area contributed by atoms with E-state index in [9.17, 15) is 24.5 Å². The molecule has 47 heavy (non-hydrogen) atoms. The third kappa shape index (κ3) is 8.91. The topological polar surface area (TPSA) is 143 Å². The van der Waals surface area contributed by atoms with Crippen molar-refractivity contribution in [2.45, 2.75) is 17.1 Å². The van der Waals surface area contributed by atoms with Crippen molar-refractivity contribution in [3.05, 3.63) is 140 Å². The molecule has 0 saturated carbocycles. The molecule has 0 radical (unpaired) electrons. The summed E-state index contributed by atoms with van der Waals surface area (Å²) in [4.78, 5) is 55.1. The molecule has 5 rings (SSSR count). The minimum Gasteiger partial charge on any atom is -0.321 e. The summed E-state index contributed by atoms with van der Waals surface area (Å²) >= 11 is 8.87. The zero-order valence-corrected chi connectivity index (χ0v) is 27.1. The van der Waals surface area contributed by atoms with Crippen LogP contribution in [-0.2, 0) is 9.59 Å². The molecule has 0 bridgehead atoms. The monoisotopic (exact) mass is 683 g/mol. The second kappa shape index (κ2) is 15.3. The van der Waals surface area contributed by atoms with Crippen LogP contribution in [0.3, 0.4) is 0 Å². The fourth-order valence-corrected chi connectivity index (χ4v) is 6.11. The van der Waals surface area contributed by atoms with Gasteiger partial charge in [-0.3, -0.25) is 24.5 Å². The first-order chi connectivity index (χ1) is 22.7. The predicted octanol–water partition coefficient (Wildman–Crippen LogP) is 7.90. The van der Waals surface area contributed by atoms with E-state index in [0.29, 0.717) is 32.7 Å². The van der Waals surface area contributed by atoms with Gasteiger partial charge >= 0.3 is 0 Å². The third-order valence-corrected chi connectivity index (χ3v) is 8.78. The van der Waals surface area contributed by atoms with Gasteiger partial charge in [0, 0.05) is 44.2 Å². The molecule has 4 aromatic carbocycles. The van der Waals surface area contributed by atoms with Gasteiger partial charge in [-0.2, -0.15) is 0 Å². The molecular weight excluding hydrogens is 658 g/mol. The average molecular weight is 684 g/mol. The van der Waals surface area contributed by atoms with Gasteiger partial charge in [0.15, 0.2) is 5.13 Å². The maximum atomic E-state index is 13.4. The molecule has 0 aliphatic heterocycles. The number of aromatic nitrogens is 1. The molecule has 5 aromatic rings. The largest absolute Gasteiger partial charge is 0.321 e. The SMILES string of the molecule is CC(Sc1cccc(NC(=O)/C(=C\c2ccc([N+](=O)[O-])cc2)NC(=O)c2ccccc2)c1)C(=O)Nc1nc(-c2ccccc2Cl)cs1. The van der Waals surface area contributed by atoms with Gasteiger partial charge < -0.3 is 16.0 Å². The van der Waals surface area contributed by atoms with Crippen LogP contribution < -0.4 is 16.0 Å². The number of rotatable bonds is 11. The minimum atomic E-state index is -0.612. The second-order valence-electron chi connectivity index (χ2n) is 9.98. The highest BCUT2D eigenvalue weighted by molar-refractivity contribution is 8.00. The van der Waals surface area contributed by atoms with E-state index < -0.39 is 22.0 Å². The molecule has 0 fully saturated rings. The summed E-state index contributed by atoms with van der Waals surface area (Å²) in [7, 11) is 0. The number of thioether (sulfide) groups is 1. The number of nitrogens with one attached hydrogen (secondary N) is 3. The molecule has 10 nitrogen and oxygen atoms in total. The Morgan fingerprint density at radius 2 is 1.66 bits per heavy atom. The fraction of sp³-hybridized carbons (Fsp3) is 0.0588. The lowest BCUT2D eigenvalue weighted by molar-refractivity contribution is -0.384. The van der Waals surface area contributed by atoms with Gasteiger partial charge in [0.1, 0.15) is 5.70 Å². The number of nitro groups is 1. The molecule has 0 aliphatic rings. The van der Waals surface area contributed by atoms with E-state index in [1.54, 1.807) is 61.5 Å². The highest BCUT2D eigenvalue weighted by atomic mass is 35.5. The zero-order chi connectivity index (χ0) is 33.3. The summed E-state index contributed by atoms with van der Waals surface area (Å²) in [5.74, 6) is -1.36. The summed E-state index contributed by atoms with van der Waals surface area (Å²) in [6.45, 7) is 1.76. The quantitative estimate of drug-likeness (QED) is 0.0556. The van der Waals surface area contributed by atoms with Gasteiger partial charge in [-0.15, -0.1) is 23.1 Å². The molecule has 1 heterocycles. The van der Waals surface area contributed by atoms with Crippen molar-refractivity contribution >= 4 is 75.0 Å². The number of hydrogen-bond acceptors (Lipinski definition) is 8. The lowest BCUT2D eigenvalue weighted by Gasteiger charge is -2.13. The standard InChI is InChI=1S/C34H26ClN5O5S2/c1-21(31(41)39-34-38-30(20-46-34)27-12-5-6-13-28(27)35)47-26-11-7-10-24(19-26)36-33(43)29(37-32(42)23-8-3-2-4-9-23)18-22-14-16-25(17-15-22)40(44)45/h2-21H,1H3,(H,36,43)(H,37,42)(H,38,39,41)/b29-18+. The summed E-state index contributed by atoms with van der Waals surface area (Å²) in [5.41, 5.74) is 2.51. The van der Waals surface area contributed by atoms with Gasteiger partial charge in [0.05, 0.1) is 15.9 Å². The van der Waals surface area contributed by atoms with Crippen LogP contribution in [0, 0.1) is 10.1 Å². The average Bonchev–Trinajstić information content (AvgIpc) is 3.53. The first-order valence-electron chi connectivity index (χ1n) is 14.1. The van der Waals surface area contributed by atoms with Crippen molar-refractivity contribution in [3.8, 4) is 11.3 Å². The highest BCUT2D eigenvalue weighted by Crippen LogP contribution is 2.31. The number of nitro benzene ring substituents is 1. The minimum absolute atomic E-state index is 0.0712. The summed E-state index contributed by atoms with van der Waals surface area (Å²) in [5, 5.41) is 21.7. The third-order valence-electron chi connectivity index (χ3n) is 6.60. The van der Waals surface area contributed by atoms with E-state index in [1.165, 1.54) is 53.4 Å². The summed E-state index contributed by atoms with van der Waals surface area (Å²) < 4.78 is 0. The van der Waals surface area contributed by atoms with Gasteiger partial charge in [0.25, 0.3) is 17.5 Å². The van der Waals surface area contributed by atoms with Crippen molar-refractivity contribution < 1.29 is 19.3 Å². The maximum Gasteiger partial charge on any atom is 0.272 e. The van der Waals surface area contributed by atoms with Crippen LogP contribution in [0.1, 0.15) is 22.8 Å². The van der Waals surface area contributed by atoms with Gasteiger partial charge in [-0.05, 0) is 67.1 Å². The number of nitrogens with zero attached hydrogens (tertiary/aromatic N) is 2. The number of anilines is 2. The molecule has 13 heteroatoms. The zero-order valence-electron chi connectivity index (χ0n) is 24.7. The van der Waals surface area contributed by atoms with E-state index in [4.69, 9.17) is 11.6 Å². The Kier molecular flexibility index (Phi) is 10.8. The number of benzene rings is 4. The molecular formula is C34H26ClN5O5S2. The Labute approximate surface area is 283 Å². The Morgan fingerprint density at radius 3 is 2.38 bits per heavy atom. The lowest BCUT2D eigenvalue weighted by Crippen LogP contribution is -2.30. The van der Waals surface area contributed by atoms with E-state index in [0.717, 1.165) is 10.5 Å². The van der Waals surface area contributed by atoms with Crippen LogP contribution in [0.15, 0.2) is 119 Å². The van der Waals surface area contributed by atoms with Gasteiger partial charge in [0.2, 0.25) is 5.91 Å². The second-order valence-corrected chi connectivity index (χ2v) is 12.7. The summed E-state index contributed by atoms with van der Waals surface area (Å²) in [6.07, 6.45) is 1.43. The normalized spacial score (nSPS) is 11.7. The van der Waals surface area contributed by atoms with Crippen molar-refractivity contribution in [3.63, 3.8) is 0 Å². The van der Waals surface area contributed by atoms with Crippen LogP contribution in [0.5, 0.6) is 0 Å². The van der Waals surface area contributed by atoms with E-state index in [2.05, 4.69) is 20.9 Å². The number of carbonyl (C=O) groups excluding carboxylic acids is 3. The van der Waals surface area contributed by atoms with Crippen LogP contribution in [-0.4, -0.2) is 32.9 Å². The van der Waals surface area contributed by atoms with Crippen molar-refractivity contribution in [2.75, 3.05) is 10.6 Å². The number of non-ortho nitro benzene ring substituents is 1. The maximum absolute atomic E-state index is 13.4. The molecule has 0 aliphatic carbocycles. The highest BCUT2D eigenvalue weighted by Gasteiger charge is 2.19. The molecule has 1 atom stereocenters. The summed E-state index contributed by atoms with van der Waals surface area (Å²) in [6, 6.07) is 28.3. The number of hydrogen-bond donors (Lipinski definition) is 3. The van der Waals surface area contributed by atoms with Crippen molar-refractivity contribution in [1.29, 1.82) is 0 Å². The van der Waals surface area contributed by atoms with E-state index in [-0.39, 0.29) is 17.3 Å².